The minimum Gasteiger partial charge on any atom is -1.00 e. The van der Waals surface area contributed by atoms with Gasteiger partial charge < -0.3 is 37.2 Å². The molecule has 5 heteroatoms. The molecule has 5 rings (SSSR count). The van der Waals surface area contributed by atoms with Gasteiger partial charge in [-0.1, -0.05) is 0 Å². The Morgan fingerprint density at radius 1 is 0.548 bits per heavy atom. The van der Waals surface area contributed by atoms with Gasteiger partial charge in [-0.2, -0.15) is 0 Å². The van der Waals surface area contributed by atoms with E-state index in [4.69, 9.17) is 0 Å². The number of benzene rings is 4. The summed E-state index contributed by atoms with van der Waals surface area (Å²) >= 11 is 2.34. The zero-order chi connectivity index (χ0) is 27.9. The zero-order valence-corrected chi connectivity index (χ0v) is 30.5. The molecule has 0 fully saturated rings. The standard InChI is InChI=1S/C37H41Si.3ClH.Ti/c1-25(2)29-14-10-17-33(22-29)38(34-18-11-15-30(23-34)26(3)4,35-19-12-16-31(24-35)27(5)6)37-28(7)21-32-13-8-9-20-36(32)37;;;;/h8-20,22-27,37H,1-7H3;3*1H;/q;;;;+3/p-3. The number of fused-ring (bicyclic) bond motifs is 1. The molecule has 0 aromatic heterocycles. The molecule has 0 saturated heterocycles. The van der Waals surface area contributed by atoms with Crippen LogP contribution in [0.25, 0.3) is 3.88 Å². The van der Waals surface area contributed by atoms with E-state index in [2.05, 4.69) is 166 Å². The minimum absolute atomic E-state index is 0. The third-order valence-corrected chi connectivity index (χ3v) is 15.1. The number of halogens is 3. The molecule has 0 spiro atoms. The summed E-state index contributed by atoms with van der Waals surface area (Å²) < 4.78 is 1.45. The Kier molecular flexibility index (Phi) is 13.0. The van der Waals surface area contributed by atoms with Crippen LogP contribution in [0, 0.1) is 0 Å². The van der Waals surface area contributed by atoms with Crippen LogP contribution >= 0.6 is 0 Å². The number of hydrogen-bond donors (Lipinski definition) is 0. The first-order valence-corrected chi connectivity index (χ1v) is 17.3. The van der Waals surface area contributed by atoms with Crippen molar-refractivity contribution in [3.63, 3.8) is 0 Å². The van der Waals surface area contributed by atoms with Crippen molar-refractivity contribution in [2.75, 3.05) is 0 Å². The maximum Gasteiger partial charge on any atom is -1.00 e. The molecule has 0 bridgehead atoms. The van der Waals surface area contributed by atoms with Crippen LogP contribution in [0.3, 0.4) is 0 Å². The normalized spacial score (nSPS) is 14.4. The fraction of sp³-hybridized carbons (Fsp3) is 0.297. The molecule has 0 radical (unpaired) electrons. The van der Waals surface area contributed by atoms with Crippen molar-refractivity contribution in [2.24, 2.45) is 0 Å². The van der Waals surface area contributed by atoms with Gasteiger partial charge in [0.25, 0.3) is 0 Å². The number of hydrogen-bond acceptors (Lipinski definition) is 0. The molecule has 1 aliphatic rings. The molecule has 1 aliphatic carbocycles. The molecule has 0 heterocycles. The Morgan fingerprint density at radius 2 is 0.929 bits per heavy atom. The third-order valence-electron chi connectivity index (χ3n) is 8.83. The maximum absolute atomic E-state index is 2.64. The molecule has 0 amide bonds. The smallest absolute Gasteiger partial charge is 1.00 e. The summed E-state index contributed by atoms with van der Waals surface area (Å²) in [5, 5.41) is 4.55. The van der Waals surface area contributed by atoms with Crippen molar-refractivity contribution in [3.8, 4) is 0 Å². The Balaban J connectivity index is 0.00000205. The molecule has 0 aliphatic heterocycles. The summed E-state index contributed by atoms with van der Waals surface area (Å²) in [5.41, 5.74) is 9.07. The van der Waals surface area contributed by atoms with Crippen molar-refractivity contribution in [1.82, 2.24) is 0 Å². The predicted octanol–water partition coefficient (Wildman–Crippen LogP) is -0.847. The van der Waals surface area contributed by atoms with Crippen LogP contribution in [0.5, 0.6) is 0 Å². The molecular weight excluding hydrogens is 627 g/mol. The van der Waals surface area contributed by atoms with Crippen molar-refractivity contribution in [1.29, 1.82) is 0 Å². The monoisotopic (exact) mass is 666 g/mol. The van der Waals surface area contributed by atoms with E-state index in [9.17, 15) is 0 Å². The van der Waals surface area contributed by atoms with Gasteiger partial charge in [0.05, 0.1) is 0 Å². The van der Waals surface area contributed by atoms with Crippen LogP contribution in [-0.4, -0.2) is 8.07 Å². The topological polar surface area (TPSA) is 0 Å². The van der Waals surface area contributed by atoms with Crippen molar-refractivity contribution < 1.29 is 57.7 Å². The van der Waals surface area contributed by atoms with Crippen molar-refractivity contribution in [2.45, 2.75) is 71.8 Å². The Labute approximate surface area is 285 Å². The third kappa shape index (κ3) is 6.44. The first kappa shape index (κ1) is 36.6. The van der Waals surface area contributed by atoms with E-state index in [0.717, 1.165) is 0 Å². The van der Waals surface area contributed by atoms with Crippen LogP contribution in [0.4, 0.5) is 0 Å². The molecule has 218 valence electrons. The Bertz CT molecular complexity index is 1410. The summed E-state index contributed by atoms with van der Waals surface area (Å²) in [7, 11) is -2.64. The van der Waals surface area contributed by atoms with Gasteiger partial charge in [0.2, 0.25) is 0 Å². The first-order valence-electron chi connectivity index (χ1n) is 14.5. The first-order chi connectivity index (χ1) is 18.7. The van der Waals surface area contributed by atoms with Crippen molar-refractivity contribution >= 4 is 27.5 Å². The molecule has 42 heavy (non-hydrogen) atoms. The summed E-state index contributed by atoms with van der Waals surface area (Å²) in [4.78, 5) is 0. The average molecular weight is 668 g/mol. The fourth-order valence-corrected chi connectivity index (χ4v) is 13.1. The Hall–Kier alpha value is -1.58. The number of allylic oxidation sites excluding steroid dienone is 1. The number of rotatable bonds is 7. The average Bonchev–Trinajstić information content (AvgIpc) is 3.20. The van der Waals surface area contributed by atoms with E-state index in [1.165, 1.54) is 52.8 Å². The van der Waals surface area contributed by atoms with Crippen LogP contribution < -0.4 is 52.8 Å². The van der Waals surface area contributed by atoms with E-state index < -0.39 is 8.07 Å². The van der Waals surface area contributed by atoms with Crippen LogP contribution in [0.15, 0.2) is 103 Å². The molecule has 4 aromatic rings. The second kappa shape index (κ2) is 14.9. The fourth-order valence-electron chi connectivity index (χ4n) is 6.55. The van der Waals surface area contributed by atoms with Crippen LogP contribution in [0.1, 0.15) is 99.6 Å². The van der Waals surface area contributed by atoms with Crippen LogP contribution in [-0.2, 0) is 20.4 Å². The maximum atomic E-state index is 2.56. The molecule has 0 nitrogen and oxygen atoms in total. The molecule has 1 unspecified atom stereocenters. The second-order valence-corrected chi connectivity index (χ2v) is 16.9. The molecule has 1 atom stereocenters. The van der Waals surface area contributed by atoms with E-state index in [-0.39, 0.29) is 37.2 Å². The quantitative estimate of drug-likeness (QED) is 0.178. The van der Waals surface area contributed by atoms with E-state index >= 15 is 0 Å². The van der Waals surface area contributed by atoms with Gasteiger partial charge in [-0.3, -0.25) is 0 Å². The summed E-state index contributed by atoms with van der Waals surface area (Å²) in [6.07, 6.45) is 0. The second-order valence-electron chi connectivity index (χ2n) is 12.2. The van der Waals surface area contributed by atoms with Gasteiger partial charge in [-0.15, -0.1) is 0 Å². The predicted molar refractivity (Wildman–Crippen MR) is 168 cm³/mol. The summed E-state index contributed by atoms with van der Waals surface area (Å²) in [6.45, 7) is 16.3. The largest absolute Gasteiger partial charge is 1.00 e. The molecular formula is C37H41Cl3SiTi. The van der Waals surface area contributed by atoms with E-state index in [0.29, 0.717) is 23.3 Å². The van der Waals surface area contributed by atoms with Gasteiger partial charge in [-0.05, 0) is 0 Å². The van der Waals surface area contributed by atoms with Crippen molar-refractivity contribution in [3.05, 3.63) is 130 Å². The summed E-state index contributed by atoms with van der Waals surface area (Å²) in [6, 6.07) is 38.1. The minimum atomic E-state index is -2.64. The van der Waals surface area contributed by atoms with Gasteiger partial charge in [0.1, 0.15) is 0 Å². The molecule has 4 aromatic carbocycles. The van der Waals surface area contributed by atoms with Gasteiger partial charge >= 0.3 is 250 Å². The molecule has 0 N–H and O–H groups in total. The van der Waals surface area contributed by atoms with Gasteiger partial charge in [0.15, 0.2) is 0 Å². The zero-order valence-electron chi connectivity index (χ0n) is 25.7. The Morgan fingerprint density at radius 3 is 1.31 bits per heavy atom. The van der Waals surface area contributed by atoms with E-state index in [1.807, 2.05) is 0 Å². The summed E-state index contributed by atoms with van der Waals surface area (Å²) in [5.74, 6) is 1.44. The van der Waals surface area contributed by atoms with E-state index in [1.54, 1.807) is 0 Å². The van der Waals surface area contributed by atoms with Gasteiger partial charge in [-0.25, -0.2) is 0 Å². The van der Waals surface area contributed by atoms with Crippen LogP contribution in [0.2, 0.25) is 0 Å². The van der Waals surface area contributed by atoms with Gasteiger partial charge in [0, 0.05) is 0 Å². The SMILES string of the molecule is CC1=[C]([Ti+3])c2ccccc2C1[Si](c1cccc(C(C)C)c1)(c1cccc(C(C)C)c1)c1cccc(C(C)C)c1.[Cl-].[Cl-].[Cl-]. The molecule has 0 saturated carbocycles.